The zero-order chi connectivity index (χ0) is 14.3. The Labute approximate surface area is 122 Å². The van der Waals surface area contributed by atoms with E-state index >= 15 is 0 Å². The van der Waals surface area contributed by atoms with E-state index in [2.05, 4.69) is 43.5 Å². The van der Waals surface area contributed by atoms with Gasteiger partial charge in [0, 0.05) is 25.0 Å². The lowest BCUT2D eigenvalue weighted by atomic mass is 10.5. The summed E-state index contributed by atoms with van der Waals surface area (Å²) in [5.41, 5.74) is 0. The second kappa shape index (κ2) is 7.64. The van der Waals surface area contributed by atoms with Crippen LogP contribution in [0, 0.1) is 0 Å². The average molecular weight is 351 g/mol. The number of nitrogens with one attached hydrogen (secondary N) is 2. The molecule has 19 heavy (non-hydrogen) atoms. The van der Waals surface area contributed by atoms with Crippen molar-refractivity contribution < 1.29 is 8.42 Å². The van der Waals surface area contributed by atoms with Crippen LogP contribution in [0.5, 0.6) is 0 Å². The largest absolute Gasteiger partial charge is 0.368 e. The Kier molecular flexibility index (Phi) is 6.50. The maximum Gasteiger partial charge on any atom is 0.224 e. The molecule has 6 nitrogen and oxygen atoms in total. The van der Waals surface area contributed by atoms with Crippen molar-refractivity contribution in [1.82, 2.24) is 9.97 Å². The van der Waals surface area contributed by atoms with E-state index < -0.39 is 9.84 Å². The van der Waals surface area contributed by atoms with E-state index in [1.807, 2.05) is 0 Å². The third-order valence-corrected chi connectivity index (χ3v) is 4.71. The van der Waals surface area contributed by atoms with Gasteiger partial charge in [0.15, 0.2) is 9.84 Å². The highest BCUT2D eigenvalue weighted by Crippen LogP contribution is 2.19. The van der Waals surface area contributed by atoms with E-state index in [0.29, 0.717) is 22.8 Å². The van der Waals surface area contributed by atoms with Gasteiger partial charge in [0.25, 0.3) is 0 Å². The van der Waals surface area contributed by atoms with Crippen LogP contribution in [0.4, 0.5) is 11.8 Å². The lowest BCUT2D eigenvalue weighted by Crippen LogP contribution is -2.18. The van der Waals surface area contributed by atoms with Crippen LogP contribution >= 0.6 is 15.9 Å². The van der Waals surface area contributed by atoms with Gasteiger partial charge in [0.2, 0.25) is 5.95 Å². The van der Waals surface area contributed by atoms with E-state index in [9.17, 15) is 8.42 Å². The Morgan fingerprint density at radius 2 is 2.00 bits per heavy atom. The number of halogens is 1. The van der Waals surface area contributed by atoms with E-state index in [-0.39, 0.29) is 11.5 Å². The van der Waals surface area contributed by atoms with Gasteiger partial charge < -0.3 is 10.6 Å². The molecule has 1 aromatic heterocycles. The first kappa shape index (κ1) is 16.2. The maximum atomic E-state index is 11.4. The van der Waals surface area contributed by atoms with Gasteiger partial charge in [0.05, 0.1) is 10.2 Å². The lowest BCUT2D eigenvalue weighted by molar-refractivity contribution is 0.597. The van der Waals surface area contributed by atoms with Crippen LogP contribution in [0.1, 0.15) is 20.3 Å². The van der Waals surface area contributed by atoms with Gasteiger partial charge in [-0.15, -0.1) is 0 Å². The number of hydrogen-bond acceptors (Lipinski definition) is 6. The van der Waals surface area contributed by atoms with Crippen LogP contribution in [0.15, 0.2) is 10.7 Å². The first-order chi connectivity index (χ1) is 8.98. The summed E-state index contributed by atoms with van der Waals surface area (Å²) in [6.45, 7) is 4.83. The molecule has 0 saturated carbocycles. The topological polar surface area (TPSA) is 84.0 Å². The Bertz CT molecular complexity index is 507. The molecule has 0 aliphatic carbocycles. The summed E-state index contributed by atoms with van der Waals surface area (Å²) < 4.78 is 23.5. The molecule has 0 aromatic carbocycles. The van der Waals surface area contributed by atoms with Crippen molar-refractivity contribution in [2.75, 3.05) is 35.2 Å². The zero-order valence-electron chi connectivity index (χ0n) is 11.1. The molecular weight excluding hydrogens is 332 g/mol. The third-order valence-electron chi connectivity index (χ3n) is 2.42. The molecule has 0 spiro atoms. The summed E-state index contributed by atoms with van der Waals surface area (Å²) in [4.78, 5) is 8.40. The smallest absolute Gasteiger partial charge is 0.224 e. The van der Waals surface area contributed by atoms with Gasteiger partial charge in [-0.25, -0.2) is 13.4 Å². The van der Waals surface area contributed by atoms with Crippen LogP contribution < -0.4 is 10.6 Å². The minimum absolute atomic E-state index is 0.0949. The fourth-order valence-electron chi connectivity index (χ4n) is 1.28. The predicted octanol–water partition coefficient (Wildman–Crippen LogP) is 1.91. The van der Waals surface area contributed by atoms with Crippen molar-refractivity contribution >= 4 is 37.5 Å². The quantitative estimate of drug-likeness (QED) is 0.744. The first-order valence-corrected chi connectivity index (χ1v) is 8.80. The van der Waals surface area contributed by atoms with Crippen LogP contribution in [-0.2, 0) is 9.84 Å². The molecule has 108 valence electrons. The van der Waals surface area contributed by atoms with Crippen molar-refractivity contribution in [3.8, 4) is 0 Å². The normalized spacial score (nSPS) is 11.3. The van der Waals surface area contributed by atoms with Gasteiger partial charge in [-0.05, 0) is 22.4 Å². The van der Waals surface area contributed by atoms with Gasteiger partial charge in [-0.1, -0.05) is 13.8 Å². The number of anilines is 2. The predicted molar refractivity (Wildman–Crippen MR) is 81.3 cm³/mol. The van der Waals surface area contributed by atoms with E-state index in [4.69, 9.17) is 0 Å². The van der Waals surface area contributed by atoms with Gasteiger partial charge in [-0.2, -0.15) is 4.98 Å². The number of sulfone groups is 1. The molecule has 0 radical (unpaired) electrons. The van der Waals surface area contributed by atoms with Gasteiger partial charge in [0.1, 0.15) is 5.82 Å². The highest BCUT2D eigenvalue weighted by atomic mass is 79.9. The van der Waals surface area contributed by atoms with Gasteiger partial charge in [-0.3, -0.25) is 0 Å². The lowest BCUT2D eigenvalue weighted by Gasteiger charge is -2.09. The van der Waals surface area contributed by atoms with Crippen LogP contribution in [0.3, 0.4) is 0 Å². The van der Waals surface area contributed by atoms with Crippen molar-refractivity contribution in [3.63, 3.8) is 0 Å². The minimum atomic E-state index is -2.96. The molecule has 0 amide bonds. The molecule has 0 unspecified atom stereocenters. The minimum Gasteiger partial charge on any atom is -0.368 e. The molecule has 0 saturated heterocycles. The van der Waals surface area contributed by atoms with Crippen LogP contribution in [0.2, 0.25) is 0 Å². The molecule has 0 bridgehead atoms. The second-order valence-corrected chi connectivity index (χ2v) is 7.31. The fourth-order valence-corrected chi connectivity index (χ4v) is 2.32. The molecule has 0 aliphatic rings. The number of nitrogens with zero attached hydrogens (tertiary/aromatic N) is 2. The molecule has 0 atom stereocenters. The average Bonchev–Trinajstić information content (AvgIpc) is 2.39. The van der Waals surface area contributed by atoms with E-state index in [1.54, 1.807) is 13.1 Å². The molecular formula is C11H19BrN4O2S. The summed E-state index contributed by atoms with van der Waals surface area (Å²) >= 11 is 3.33. The zero-order valence-corrected chi connectivity index (χ0v) is 13.5. The first-order valence-electron chi connectivity index (χ1n) is 6.19. The highest BCUT2D eigenvalue weighted by molar-refractivity contribution is 9.10. The highest BCUT2D eigenvalue weighted by Gasteiger charge is 2.09. The molecule has 2 N–H and O–H groups in total. The maximum absolute atomic E-state index is 11.4. The van der Waals surface area contributed by atoms with E-state index in [1.165, 1.54) is 0 Å². The molecule has 0 aliphatic heterocycles. The van der Waals surface area contributed by atoms with Crippen molar-refractivity contribution in [1.29, 1.82) is 0 Å². The number of hydrogen-bond donors (Lipinski definition) is 2. The van der Waals surface area contributed by atoms with Crippen LogP contribution in [-0.4, -0.2) is 43.0 Å². The summed E-state index contributed by atoms with van der Waals surface area (Å²) in [5, 5.41) is 6.08. The Morgan fingerprint density at radius 1 is 1.26 bits per heavy atom. The molecule has 8 heteroatoms. The SMILES string of the molecule is CCCNc1ncc(Br)c(NCCS(=O)(=O)CC)n1. The summed E-state index contributed by atoms with van der Waals surface area (Å²) in [6.07, 6.45) is 2.62. The standard InChI is InChI=1S/C11H19BrN4O2S/c1-3-5-14-11-15-8-9(12)10(16-11)13-6-7-19(17,18)4-2/h8H,3-7H2,1-2H3,(H2,13,14,15,16). The van der Waals surface area contributed by atoms with E-state index in [0.717, 1.165) is 13.0 Å². The summed E-state index contributed by atoms with van der Waals surface area (Å²) in [7, 11) is -2.96. The second-order valence-electron chi connectivity index (χ2n) is 3.98. The third kappa shape index (κ3) is 5.73. The Morgan fingerprint density at radius 3 is 2.63 bits per heavy atom. The fraction of sp³-hybridized carbons (Fsp3) is 0.636. The molecule has 1 aromatic rings. The molecule has 0 fully saturated rings. The monoisotopic (exact) mass is 350 g/mol. The van der Waals surface area contributed by atoms with Crippen molar-refractivity contribution in [3.05, 3.63) is 10.7 Å². The summed E-state index contributed by atoms with van der Waals surface area (Å²) in [6, 6.07) is 0. The molecule has 1 rings (SSSR count). The van der Waals surface area contributed by atoms with Gasteiger partial charge >= 0.3 is 0 Å². The van der Waals surface area contributed by atoms with Crippen LogP contribution in [0.25, 0.3) is 0 Å². The Balaban J connectivity index is 2.61. The Hall–Kier alpha value is -0.890. The molecule has 1 heterocycles. The number of rotatable bonds is 8. The van der Waals surface area contributed by atoms with Crippen molar-refractivity contribution in [2.24, 2.45) is 0 Å². The summed E-state index contributed by atoms with van der Waals surface area (Å²) in [5.74, 6) is 1.38. The van der Waals surface area contributed by atoms with Crippen molar-refractivity contribution in [2.45, 2.75) is 20.3 Å². The number of aromatic nitrogens is 2.